The molecule has 0 aliphatic heterocycles. The van der Waals surface area contributed by atoms with Crippen molar-refractivity contribution in [1.29, 1.82) is 0 Å². The first-order valence-corrected chi connectivity index (χ1v) is 8.78. The van der Waals surface area contributed by atoms with Crippen LogP contribution in [0.25, 0.3) is 0 Å². The highest BCUT2D eigenvalue weighted by molar-refractivity contribution is 6.32. The number of hydrogen-bond donors (Lipinski definition) is 3. The van der Waals surface area contributed by atoms with E-state index < -0.39 is 5.91 Å². The van der Waals surface area contributed by atoms with Crippen molar-refractivity contribution in [2.75, 3.05) is 32.1 Å². The molecule has 0 heterocycles. The van der Waals surface area contributed by atoms with Crippen molar-refractivity contribution in [1.82, 2.24) is 5.32 Å². The van der Waals surface area contributed by atoms with Gasteiger partial charge in [-0.25, -0.2) is 0 Å². The molecule has 0 aromatic heterocycles. The van der Waals surface area contributed by atoms with Gasteiger partial charge in [-0.1, -0.05) is 23.7 Å². The maximum absolute atomic E-state index is 12.7. The number of rotatable bonds is 8. The standard InChI is InChI=1S/C19H22ClN3O4.ClH/c1-3-27-17-14(20)10-12(11-16(17)26-2)18(24)23-15-7-5-4-6-13(15)19(25)22-9-8-21;/h4-7,10-11H,3,8-9,21H2,1-2H3,(H,22,25)(H,23,24);1H. The van der Waals surface area contributed by atoms with Crippen molar-refractivity contribution < 1.29 is 19.1 Å². The summed E-state index contributed by atoms with van der Waals surface area (Å²) >= 11 is 6.22. The van der Waals surface area contributed by atoms with Crippen LogP contribution in [0.2, 0.25) is 5.02 Å². The minimum atomic E-state index is -0.433. The van der Waals surface area contributed by atoms with Gasteiger partial charge in [-0.2, -0.15) is 0 Å². The topological polar surface area (TPSA) is 103 Å². The fraction of sp³-hybridized carbons (Fsp3) is 0.263. The van der Waals surface area contributed by atoms with E-state index in [4.69, 9.17) is 26.8 Å². The van der Waals surface area contributed by atoms with Crippen LogP contribution in [-0.4, -0.2) is 38.6 Å². The van der Waals surface area contributed by atoms with E-state index in [2.05, 4.69) is 10.6 Å². The minimum absolute atomic E-state index is 0. The Balaban J connectivity index is 0.00000392. The Labute approximate surface area is 174 Å². The highest BCUT2D eigenvalue weighted by Crippen LogP contribution is 2.36. The molecule has 0 aliphatic carbocycles. The van der Waals surface area contributed by atoms with Crippen LogP contribution in [0.15, 0.2) is 36.4 Å². The predicted octanol–water partition coefficient (Wildman–Crippen LogP) is 3.11. The predicted molar refractivity (Wildman–Crippen MR) is 112 cm³/mol. The number of anilines is 1. The number of benzene rings is 2. The largest absolute Gasteiger partial charge is 0.493 e. The molecular formula is C19H23Cl2N3O4. The van der Waals surface area contributed by atoms with Crippen LogP contribution in [0.3, 0.4) is 0 Å². The molecule has 4 N–H and O–H groups in total. The third kappa shape index (κ3) is 5.76. The van der Waals surface area contributed by atoms with Crippen LogP contribution in [0.4, 0.5) is 5.69 Å². The van der Waals surface area contributed by atoms with Crippen LogP contribution in [0, 0.1) is 0 Å². The molecule has 2 rings (SSSR count). The average molecular weight is 428 g/mol. The highest BCUT2D eigenvalue weighted by Gasteiger charge is 2.18. The third-order valence-corrected chi connectivity index (χ3v) is 3.91. The molecule has 0 bridgehead atoms. The van der Waals surface area contributed by atoms with Gasteiger partial charge in [-0.15, -0.1) is 12.4 Å². The Bertz CT molecular complexity index is 831. The van der Waals surface area contributed by atoms with Gasteiger partial charge in [-0.05, 0) is 31.2 Å². The molecule has 28 heavy (non-hydrogen) atoms. The van der Waals surface area contributed by atoms with Gasteiger partial charge in [0, 0.05) is 18.7 Å². The van der Waals surface area contributed by atoms with Crippen molar-refractivity contribution in [2.45, 2.75) is 6.92 Å². The quantitative estimate of drug-likeness (QED) is 0.600. The number of nitrogens with two attached hydrogens (primary N) is 1. The molecule has 0 saturated carbocycles. The number of methoxy groups -OCH3 is 1. The fourth-order valence-corrected chi connectivity index (χ4v) is 2.67. The molecule has 0 spiro atoms. The summed E-state index contributed by atoms with van der Waals surface area (Å²) in [5, 5.41) is 5.67. The Morgan fingerprint density at radius 1 is 1.18 bits per heavy atom. The molecule has 2 aromatic carbocycles. The van der Waals surface area contributed by atoms with E-state index in [0.717, 1.165) is 0 Å². The second-order valence-electron chi connectivity index (χ2n) is 5.47. The van der Waals surface area contributed by atoms with Crippen molar-refractivity contribution in [3.05, 3.63) is 52.5 Å². The Hall–Kier alpha value is -2.48. The van der Waals surface area contributed by atoms with Gasteiger partial charge in [0.2, 0.25) is 0 Å². The first kappa shape index (κ1) is 23.6. The molecule has 0 radical (unpaired) electrons. The summed E-state index contributed by atoms with van der Waals surface area (Å²) < 4.78 is 10.7. The van der Waals surface area contributed by atoms with Crippen molar-refractivity contribution in [3.8, 4) is 11.5 Å². The second kappa shape index (κ2) is 11.4. The summed E-state index contributed by atoms with van der Waals surface area (Å²) in [5.74, 6) is -0.0285. The van der Waals surface area contributed by atoms with E-state index in [0.29, 0.717) is 42.4 Å². The number of ether oxygens (including phenoxy) is 2. The molecule has 0 aliphatic rings. The molecular weight excluding hydrogens is 405 g/mol. The summed E-state index contributed by atoms with van der Waals surface area (Å²) in [4.78, 5) is 24.9. The fourth-order valence-electron chi connectivity index (χ4n) is 2.40. The van der Waals surface area contributed by atoms with Gasteiger partial charge in [-0.3, -0.25) is 9.59 Å². The van der Waals surface area contributed by atoms with Gasteiger partial charge in [0.05, 0.1) is 30.0 Å². The molecule has 0 unspecified atom stereocenters. The van der Waals surface area contributed by atoms with Gasteiger partial charge >= 0.3 is 0 Å². The average Bonchev–Trinajstić information content (AvgIpc) is 2.67. The van der Waals surface area contributed by atoms with Crippen LogP contribution in [0.1, 0.15) is 27.6 Å². The number of amides is 2. The van der Waals surface area contributed by atoms with E-state index in [1.165, 1.54) is 19.2 Å². The van der Waals surface area contributed by atoms with Gasteiger partial charge in [0.1, 0.15) is 0 Å². The zero-order valence-corrected chi connectivity index (χ0v) is 17.2. The van der Waals surface area contributed by atoms with Gasteiger partial charge in [0.25, 0.3) is 11.8 Å². The maximum atomic E-state index is 12.7. The smallest absolute Gasteiger partial charge is 0.255 e. The SMILES string of the molecule is CCOc1c(Cl)cc(C(=O)Nc2ccccc2C(=O)NCCN)cc1OC.Cl. The van der Waals surface area contributed by atoms with Crippen molar-refractivity contribution >= 4 is 41.5 Å². The van der Waals surface area contributed by atoms with E-state index >= 15 is 0 Å². The summed E-state index contributed by atoms with van der Waals surface area (Å²) in [6.45, 7) is 2.90. The van der Waals surface area contributed by atoms with E-state index in [1.54, 1.807) is 24.3 Å². The number of carbonyl (C=O) groups is 2. The lowest BCUT2D eigenvalue weighted by atomic mass is 10.1. The zero-order chi connectivity index (χ0) is 19.8. The first-order chi connectivity index (χ1) is 13.0. The lowest BCUT2D eigenvalue weighted by Gasteiger charge is -2.14. The van der Waals surface area contributed by atoms with Crippen molar-refractivity contribution in [3.63, 3.8) is 0 Å². The van der Waals surface area contributed by atoms with Gasteiger partial charge < -0.3 is 25.8 Å². The van der Waals surface area contributed by atoms with Crippen LogP contribution < -0.4 is 25.8 Å². The summed E-state index contributed by atoms with van der Waals surface area (Å²) in [5.41, 5.74) is 6.39. The summed E-state index contributed by atoms with van der Waals surface area (Å²) in [7, 11) is 1.47. The normalized spacial score (nSPS) is 9.86. The van der Waals surface area contributed by atoms with Crippen LogP contribution in [0.5, 0.6) is 11.5 Å². The first-order valence-electron chi connectivity index (χ1n) is 8.40. The zero-order valence-electron chi connectivity index (χ0n) is 15.6. The highest BCUT2D eigenvalue weighted by atomic mass is 35.5. The molecule has 0 fully saturated rings. The molecule has 0 atom stereocenters. The number of carbonyl (C=O) groups excluding carboxylic acids is 2. The monoisotopic (exact) mass is 427 g/mol. The van der Waals surface area contributed by atoms with Crippen molar-refractivity contribution in [2.24, 2.45) is 5.73 Å². The lowest BCUT2D eigenvalue weighted by molar-refractivity contribution is 0.0955. The molecule has 0 saturated heterocycles. The summed E-state index contributed by atoms with van der Waals surface area (Å²) in [6.07, 6.45) is 0. The van der Waals surface area contributed by atoms with E-state index in [-0.39, 0.29) is 28.9 Å². The molecule has 2 amide bonds. The third-order valence-electron chi connectivity index (χ3n) is 3.63. The van der Waals surface area contributed by atoms with E-state index in [1.807, 2.05) is 6.92 Å². The maximum Gasteiger partial charge on any atom is 0.255 e. The molecule has 152 valence electrons. The molecule has 7 nitrogen and oxygen atoms in total. The number of halogens is 2. The van der Waals surface area contributed by atoms with Gasteiger partial charge in [0.15, 0.2) is 11.5 Å². The Kier molecular flexibility index (Phi) is 9.58. The molecule has 9 heteroatoms. The second-order valence-corrected chi connectivity index (χ2v) is 5.87. The molecule has 2 aromatic rings. The number of nitrogens with one attached hydrogen (secondary N) is 2. The number of para-hydroxylation sites is 1. The Morgan fingerprint density at radius 2 is 1.89 bits per heavy atom. The van der Waals surface area contributed by atoms with E-state index in [9.17, 15) is 9.59 Å². The van der Waals surface area contributed by atoms with Crippen LogP contribution in [-0.2, 0) is 0 Å². The Morgan fingerprint density at radius 3 is 2.54 bits per heavy atom. The summed E-state index contributed by atoms with van der Waals surface area (Å²) in [6, 6.07) is 9.71. The number of hydrogen-bond acceptors (Lipinski definition) is 5. The lowest BCUT2D eigenvalue weighted by Crippen LogP contribution is -2.30. The van der Waals surface area contributed by atoms with Crippen LogP contribution >= 0.6 is 24.0 Å². The minimum Gasteiger partial charge on any atom is -0.493 e.